The Kier molecular flexibility index (Phi) is 4.27. The van der Waals surface area contributed by atoms with Gasteiger partial charge >= 0.3 is 5.97 Å². The summed E-state index contributed by atoms with van der Waals surface area (Å²) in [5.41, 5.74) is 0.718. The van der Waals surface area contributed by atoms with Gasteiger partial charge in [-0.05, 0) is 30.2 Å². The van der Waals surface area contributed by atoms with E-state index in [9.17, 15) is 9.59 Å². The Morgan fingerprint density at radius 1 is 1.40 bits per heavy atom. The van der Waals surface area contributed by atoms with Crippen molar-refractivity contribution in [3.05, 3.63) is 24.3 Å². The molecule has 1 amide bonds. The average Bonchev–Trinajstić information content (AvgIpc) is 2.79. The molecular weight excluding hydrogens is 258 g/mol. The maximum absolute atomic E-state index is 11.8. The number of carbonyl (C=O) groups is 2. The van der Waals surface area contributed by atoms with Crippen molar-refractivity contribution in [3.63, 3.8) is 0 Å². The molecule has 1 atom stereocenters. The number of nitrogens with zero attached hydrogens (tertiary/aromatic N) is 1. The quantitative estimate of drug-likeness (QED) is 0.895. The van der Waals surface area contributed by atoms with Crippen LogP contribution in [0.5, 0.6) is 5.75 Å². The van der Waals surface area contributed by atoms with Crippen LogP contribution in [0.4, 0.5) is 5.69 Å². The number of benzene rings is 1. The van der Waals surface area contributed by atoms with Crippen molar-refractivity contribution in [2.45, 2.75) is 20.3 Å². The van der Waals surface area contributed by atoms with Crippen LogP contribution in [-0.4, -0.2) is 30.1 Å². The minimum atomic E-state index is -0.919. The Bertz CT molecular complexity index is 495. The zero-order valence-corrected chi connectivity index (χ0v) is 11.7. The maximum atomic E-state index is 11.8. The van der Waals surface area contributed by atoms with Crippen molar-refractivity contribution in [1.82, 2.24) is 0 Å². The maximum Gasteiger partial charge on any atom is 0.308 e. The number of rotatable bonds is 5. The second kappa shape index (κ2) is 5.94. The van der Waals surface area contributed by atoms with Crippen molar-refractivity contribution in [1.29, 1.82) is 0 Å². The second-order valence-electron chi connectivity index (χ2n) is 5.44. The van der Waals surface area contributed by atoms with Crippen LogP contribution in [-0.2, 0) is 9.59 Å². The van der Waals surface area contributed by atoms with E-state index in [2.05, 4.69) is 13.8 Å². The highest BCUT2D eigenvalue weighted by atomic mass is 16.5. The Morgan fingerprint density at radius 2 is 2.05 bits per heavy atom. The van der Waals surface area contributed by atoms with Gasteiger partial charge in [-0.2, -0.15) is 0 Å². The molecule has 0 aliphatic carbocycles. The van der Waals surface area contributed by atoms with Crippen LogP contribution in [0.15, 0.2) is 24.3 Å². The van der Waals surface area contributed by atoms with Gasteiger partial charge < -0.3 is 14.7 Å². The number of hydrogen-bond donors (Lipinski definition) is 1. The van der Waals surface area contributed by atoms with Crippen molar-refractivity contribution < 1.29 is 19.4 Å². The lowest BCUT2D eigenvalue weighted by atomic mass is 10.1. The van der Waals surface area contributed by atoms with Gasteiger partial charge in [-0.3, -0.25) is 9.59 Å². The number of carbonyl (C=O) groups excluding carboxylic acids is 1. The first-order valence-corrected chi connectivity index (χ1v) is 6.73. The first kappa shape index (κ1) is 14.4. The number of anilines is 1. The topological polar surface area (TPSA) is 66.8 Å². The molecule has 0 spiro atoms. The standard InChI is InChI=1S/C15H19NO4/c1-10(2)9-20-13-5-3-12(4-6-13)16-8-11(15(18)19)7-14(16)17/h3-6,10-11H,7-9H2,1-2H3,(H,18,19)/t11-/m1/s1. The molecule has 1 saturated heterocycles. The Hall–Kier alpha value is -2.04. The molecule has 1 aliphatic heterocycles. The summed E-state index contributed by atoms with van der Waals surface area (Å²) in [5, 5.41) is 8.96. The van der Waals surface area contributed by atoms with Crippen LogP contribution >= 0.6 is 0 Å². The highest BCUT2D eigenvalue weighted by Crippen LogP contribution is 2.27. The summed E-state index contributed by atoms with van der Waals surface area (Å²) in [4.78, 5) is 24.3. The van der Waals surface area contributed by atoms with Crippen LogP contribution < -0.4 is 9.64 Å². The molecule has 1 aliphatic rings. The van der Waals surface area contributed by atoms with E-state index in [0.29, 0.717) is 12.5 Å². The zero-order valence-electron chi connectivity index (χ0n) is 11.7. The van der Waals surface area contributed by atoms with E-state index in [1.807, 2.05) is 0 Å². The number of aliphatic carboxylic acids is 1. The molecule has 1 N–H and O–H groups in total. The Morgan fingerprint density at radius 3 is 2.55 bits per heavy atom. The molecule has 1 aromatic carbocycles. The lowest BCUT2D eigenvalue weighted by Crippen LogP contribution is -2.25. The fraction of sp³-hybridized carbons (Fsp3) is 0.467. The first-order valence-electron chi connectivity index (χ1n) is 6.73. The summed E-state index contributed by atoms with van der Waals surface area (Å²) in [5.74, 6) is -0.472. The zero-order chi connectivity index (χ0) is 14.7. The third-order valence-corrected chi connectivity index (χ3v) is 3.21. The van der Waals surface area contributed by atoms with Crippen molar-refractivity contribution in [3.8, 4) is 5.75 Å². The van der Waals surface area contributed by atoms with Gasteiger partial charge in [0, 0.05) is 18.7 Å². The van der Waals surface area contributed by atoms with Crippen molar-refractivity contribution in [2.24, 2.45) is 11.8 Å². The Labute approximate surface area is 118 Å². The van der Waals surface area contributed by atoms with Crippen LogP contribution in [0.2, 0.25) is 0 Å². The largest absolute Gasteiger partial charge is 0.493 e. The summed E-state index contributed by atoms with van der Waals surface area (Å²) in [6.45, 7) is 5.02. The van der Waals surface area contributed by atoms with Gasteiger partial charge in [0.05, 0.1) is 12.5 Å². The van der Waals surface area contributed by atoms with Crippen LogP contribution in [0.1, 0.15) is 20.3 Å². The summed E-state index contributed by atoms with van der Waals surface area (Å²) in [6.07, 6.45) is 0.0704. The molecule has 5 nitrogen and oxygen atoms in total. The fourth-order valence-corrected chi connectivity index (χ4v) is 2.11. The van der Waals surface area contributed by atoms with Crippen LogP contribution in [0, 0.1) is 11.8 Å². The molecule has 108 valence electrons. The van der Waals surface area contributed by atoms with E-state index < -0.39 is 11.9 Å². The number of carboxylic acids is 1. The van der Waals surface area contributed by atoms with E-state index in [4.69, 9.17) is 9.84 Å². The molecule has 1 heterocycles. The normalized spacial score (nSPS) is 18.6. The van der Waals surface area contributed by atoms with E-state index in [1.54, 1.807) is 24.3 Å². The monoisotopic (exact) mass is 277 g/mol. The molecule has 5 heteroatoms. The third-order valence-electron chi connectivity index (χ3n) is 3.21. The summed E-state index contributed by atoms with van der Waals surface area (Å²) < 4.78 is 5.57. The summed E-state index contributed by atoms with van der Waals surface area (Å²) in [7, 11) is 0. The van der Waals surface area contributed by atoms with E-state index in [0.717, 1.165) is 11.4 Å². The van der Waals surface area contributed by atoms with Gasteiger partial charge in [0.1, 0.15) is 5.75 Å². The number of hydrogen-bond acceptors (Lipinski definition) is 3. The smallest absolute Gasteiger partial charge is 0.308 e. The molecular formula is C15H19NO4. The average molecular weight is 277 g/mol. The molecule has 1 fully saturated rings. The lowest BCUT2D eigenvalue weighted by Gasteiger charge is -2.17. The molecule has 2 rings (SSSR count). The Balaban J connectivity index is 2.03. The van der Waals surface area contributed by atoms with Gasteiger partial charge in [-0.25, -0.2) is 0 Å². The highest BCUT2D eigenvalue weighted by Gasteiger charge is 2.34. The molecule has 0 bridgehead atoms. The SMILES string of the molecule is CC(C)COc1ccc(N2C[C@H](C(=O)O)CC2=O)cc1. The van der Waals surface area contributed by atoms with Gasteiger partial charge in [0.15, 0.2) is 0 Å². The van der Waals surface area contributed by atoms with Gasteiger partial charge in [-0.15, -0.1) is 0 Å². The minimum absolute atomic E-state index is 0.0704. The lowest BCUT2D eigenvalue weighted by molar-refractivity contribution is -0.141. The first-order chi connectivity index (χ1) is 9.47. The second-order valence-corrected chi connectivity index (χ2v) is 5.44. The van der Waals surface area contributed by atoms with E-state index >= 15 is 0 Å². The molecule has 20 heavy (non-hydrogen) atoms. The third kappa shape index (κ3) is 3.29. The number of carboxylic acid groups (broad SMARTS) is 1. The van der Waals surface area contributed by atoms with Gasteiger partial charge in [-0.1, -0.05) is 13.8 Å². The number of ether oxygens (including phenoxy) is 1. The van der Waals surface area contributed by atoms with Gasteiger partial charge in [0.25, 0.3) is 0 Å². The predicted octanol–water partition coefficient (Wildman–Crippen LogP) is 2.16. The van der Waals surface area contributed by atoms with Crippen molar-refractivity contribution >= 4 is 17.6 Å². The van der Waals surface area contributed by atoms with Crippen LogP contribution in [0.25, 0.3) is 0 Å². The molecule has 0 saturated carbocycles. The molecule has 0 aromatic heterocycles. The summed E-state index contributed by atoms with van der Waals surface area (Å²) >= 11 is 0. The fourth-order valence-electron chi connectivity index (χ4n) is 2.11. The van der Waals surface area contributed by atoms with Gasteiger partial charge in [0.2, 0.25) is 5.91 Å². The number of amides is 1. The van der Waals surface area contributed by atoms with E-state index in [-0.39, 0.29) is 18.9 Å². The van der Waals surface area contributed by atoms with E-state index in [1.165, 1.54) is 4.90 Å². The summed E-state index contributed by atoms with van der Waals surface area (Å²) in [6, 6.07) is 7.19. The molecule has 0 unspecified atom stereocenters. The minimum Gasteiger partial charge on any atom is -0.493 e. The van der Waals surface area contributed by atoms with Crippen molar-refractivity contribution in [2.75, 3.05) is 18.1 Å². The molecule has 0 radical (unpaired) electrons. The predicted molar refractivity (Wildman–Crippen MR) is 74.9 cm³/mol. The highest BCUT2D eigenvalue weighted by molar-refractivity contribution is 5.99. The van der Waals surface area contributed by atoms with Crippen LogP contribution in [0.3, 0.4) is 0 Å². The molecule has 1 aromatic rings.